The van der Waals surface area contributed by atoms with Crippen LogP contribution in [0.4, 0.5) is 4.79 Å². The van der Waals surface area contributed by atoms with Crippen molar-refractivity contribution in [2.24, 2.45) is 5.92 Å². The Morgan fingerprint density at radius 2 is 1.90 bits per heavy atom. The van der Waals surface area contributed by atoms with E-state index in [1.54, 1.807) is 6.92 Å². The molecule has 1 aliphatic rings. The lowest BCUT2D eigenvalue weighted by Gasteiger charge is -2.22. The minimum Gasteiger partial charge on any atom is -0.425 e. The molecule has 5 heteroatoms. The number of rotatable bonds is 7. The van der Waals surface area contributed by atoms with Crippen molar-refractivity contribution in [3.63, 3.8) is 0 Å². The standard InChI is InChI=1S/C15H27NO4/c1-3-4-10-14(17)19-12(2)20-15(18)16-11-13-8-6-5-7-9-13/h12-13H,3-11H2,1-2H3,(H,16,18). The molecule has 1 amide bonds. The molecule has 116 valence electrons. The zero-order valence-corrected chi connectivity index (χ0v) is 12.7. The largest absolute Gasteiger partial charge is 0.425 e. The van der Waals surface area contributed by atoms with E-state index in [0.29, 0.717) is 18.9 Å². The van der Waals surface area contributed by atoms with Crippen LogP contribution in [0.25, 0.3) is 0 Å². The van der Waals surface area contributed by atoms with Crippen molar-refractivity contribution in [1.29, 1.82) is 0 Å². The Balaban J connectivity index is 2.12. The van der Waals surface area contributed by atoms with Crippen LogP contribution in [-0.4, -0.2) is 24.9 Å². The number of hydrogen-bond acceptors (Lipinski definition) is 4. The predicted molar refractivity (Wildman–Crippen MR) is 76.1 cm³/mol. The molecular weight excluding hydrogens is 258 g/mol. The molecule has 20 heavy (non-hydrogen) atoms. The number of carbonyl (C=O) groups is 2. The number of unbranched alkanes of at least 4 members (excludes halogenated alkanes) is 1. The Morgan fingerprint density at radius 3 is 2.55 bits per heavy atom. The molecule has 0 radical (unpaired) electrons. The minimum atomic E-state index is -0.828. The van der Waals surface area contributed by atoms with Crippen LogP contribution in [0.2, 0.25) is 0 Å². The first kappa shape index (κ1) is 16.8. The summed E-state index contributed by atoms with van der Waals surface area (Å²) in [4.78, 5) is 22.9. The number of hydrogen-bond donors (Lipinski definition) is 1. The van der Waals surface area contributed by atoms with Crippen LogP contribution in [0.5, 0.6) is 0 Å². The van der Waals surface area contributed by atoms with Gasteiger partial charge in [0.05, 0.1) is 0 Å². The van der Waals surface area contributed by atoms with E-state index in [1.807, 2.05) is 6.92 Å². The number of amides is 1. The average Bonchev–Trinajstić information content (AvgIpc) is 2.44. The summed E-state index contributed by atoms with van der Waals surface area (Å²) in [5, 5.41) is 2.75. The van der Waals surface area contributed by atoms with Gasteiger partial charge < -0.3 is 14.8 Å². The molecule has 1 saturated carbocycles. The first-order valence-electron chi connectivity index (χ1n) is 7.75. The molecule has 0 aromatic carbocycles. The first-order chi connectivity index (χ1) is 9.61. The maximum Gasteiger partial charge on any atom is 0.410 e. The molecule has 0 heterocycles. The van der Waals surface area contributed by atoms with Gasteiger partial charge in [-0.2, -0.15) is 0 Å². The van der Waals surface area contributed by atoms with Crippen LogP contribution in [0.3, 0.4) is 0 Å². The summed E-state index contributed by atoms with van der Waals surface area (Å²) in [7, 11) is 0. The second-order valence-electron chi connectivity index (χ2n) is 5.45. The summed E-state index contributed by atoms with van der Waals surface area (Å²) in [5.74, 6) is 0.234. The number of ether oxygens (including phenoxy) is 2. The number of esters is 1. The molecule has 0 saturated heterocycles. The molecule has 1 fully saturated rings. The van der Waals surface area contributed by atoms with Crippen molar-refractivity contribution in [3.8, 4) is 0 Å². The topological polar surface area (TPSA) is 64.6 Å². The molecule has 1 unspecified atom stereocenters. The van der Waals surface area contributed by atoms with E-state index in [4.69, 9.17) is 9.47 Å². The molecule has 0 aromatic rings. The van der Waals surface area contributed by atoms with Crippen LogP contribution in [-0.2, 0) is 14.3 Å². The molecule has 0 aromatic heterocycles. The highest BCUT2D eigenvalue weighted by Crippen LogP contribution is 2.22. The van der Waals surface area contributed by atoms with Crippen molar-refractivity contribution in [1.82, 2.24) is 5.32 Å². The van der Waals surface area contributed by atoms with E-state index in [1.165, 1.54) is 32.1 Å². The van der Waals surface area contributed by atoms with Gasteiger partial charge in [-0.25, -0.2) is 4.79 Å². The molecule has 0 bridgehead atoms. The van der Waals surface area contributed by atoms with E-state index >= 15 is 0 Å². The molecule has 5 nitrogen and oxygen atoms in total. The van der Waals surface area contributed by atoms with Crippen molar-refractivity contribution >= 4 is 12.1 Å². The normalized spacial score (nSPS) is 17.3. The van der Waals surface area contributed by atoms with Gasteiger partial charge in [-0.15, -0.1) is 0 Å². The fourth-order valence-corrected chi connectivity index (χ4v) is 2.40. The Hall–Kier alpha value is -1.26. The van der Waals surface area contributed by atoms with Crippen molar-refractivity contribution in [3.05, 3.63) is 0 Å². The van der Waals surface area contributed by atoms with Gasteiger partial charge in [0.2, 0.25) is 6.29 Å². The molecular formula is C15H27NO4. The van der Waals surface area contributed by atoms with Gasteiger partial charge in [-0.1, -0.05) is 32.6 Å². The highest BCUT2D eigenvalue weighted by atomic mass is 16.7. The third-order valence-corrected chi connectivity index (χ3v) is 3.56. The second kappa shape index (κ2) is 9.61. The van der Waals surface area contributed by atoms with E-state index in [2.05, 4.69) is 5.32 Å². The van der Waals surface area contributed by atoms with Crippen LogP contribution < -0.4 is 5.32 Å². The predicted octanol–water partition coefficient (Wildman–Crippen LogP) is 3.37. The molecule has 1 aliphatic carbocycles. The Bertz CT molecular complexity index is 300. The van der Waals surface area contributed by atoms with Crippen molar-refractivity contribution in [2.75, 3.05) is 6.54 Å². The molecule has 0 spiro atoms. The zero-order valence-electron chi connectivity index (χ0n) is 12.7. The highest BCUT2D eigenvalue weighted by Gasteiger charge is 2.17. The van der Waals surface area contributed by atoms with Crippen LogP contribution in [0, 0.1) is 5.92 Å². The monoisotopic (exact) mass is 285 g/mol. The van der Waals surface area contributed by atoms with E-state index < -0.39 is 12.4 Å². The van der Waals surface area contributed by atoms with Crippen LogP contribution in [0.1, 0.15) is 65.2 Å². The fraction of sp³-hybridized carbons (Fsp3) is 0.867. The maximum atomic E-state index is 11.6. The minimum absolute atomic E-state index is 0.320. The van der Waals surface area contributed by atoms with E-state index in [9.17, 15) is 9.59 Å². The van der Waals surface area contributed by atoms with Crippen LogP contribution in [0.15, 0.2) is 0 Å². The van der Waals surface area contributed by atoms with Gasteiger partial charge in [0.25, 0.3) is 0 Å². The molecule has 0 aliphatic heterocycles. The lowest BCUT2D eigenvalue weighted by atomic mass is 9.89. The molecule has 1 rings (SSSR count). The maximum absolute atomic E-state index is 11.6. The van der Waals surface area contributed by atoms with Gasteiger partial charge in [-0.05, 0) is 25.2 Å². The van der Waals surface area contributed by atoms with Crippen LogP contribution >= 0.6 is 0 Å². The van der Waals surface area contributed by atoms with Gasteiger partial charge in [0, 0.05) is 19.9 Å². The summed E-state index contributed by atoms with van der Waals surface area (Å²) in [5.41, 5.74) is 0. The lowest BCUT2D eigenvalue weighted by molar-refractivity contribution is -0.164. The summed E-state index contributed by atoms with van der Waals surface area (Å²) in [6.45, 7) is 4.21. The molecule has 1 atom stereocenters. The third kappa shape index (κ3) is 7.36. The van der Waals surface area contributed by atoms with Gasteiger partial charge in [-0.3, -0.25) is 4.79 Å². The SMILES string of the molecule is CCCCC(=O)OC(C)OC(=O)NCC1CCCCC1. The first-order valence-corrected chi connectivity index (χ1v) is 7.75. The fourth-order valence-electron chi connectivity index (χ4n) is 2.40. The Labute approximate surface area is 121 Å². The summed E-state index contributed by atoms with van der Waals surface area (Å²) in [6.07, 6.45) is 6.88. The van der Waals surface area contributed by atoms with Crippen molar-refractivity contribution in [2.45, 2.75) is 71.5 Å². The van der Waals surface area contributed by atoms with Gasteiger partial charge in [0.15, 0.2) is 0 Å². The van der Waals surface area contributed by atoms with Crippen molar-refractivity contribution < 1.29 is 19.1 Å². The Morgan fingerprint density at radius 1 is 1.20 bits per heavy atom. The third-order valence-electron chi connectivity index (χ3n) is 3.56. The van der Waals surface area contributed by atoms with Gasteiger partial charge >= 0.3 is 12.1 Å². The van der Waals surface area contributed by atoms with E-state index in [-0.39, 0.29) is 5.97 Å². The Kier molecular flexibility index (Phi) is 8.07. The summed E-state index contributed by atoms with van der Waals surface area (Å²) >= 11 is 0. The second-order valence-corrected chi connectivity index (χ2v) is 5.45. The van der Waals surface area contributed by atoms with E-state index in [0.717, 1.165) is 12.8 Å². The van der Waals surface area contributed by atoms with Gasteiger partial charge in [0.1, 0.15) is 0 Å². The number of alkyl carbamates (subject to hydrolysis) is 1. The smallest absolute Gasteiger partial charge is 0.410 e. The molecule has 1 N–H and O–H groups in total. The zero-order chi connectivity index (χ0) is 14.8. The summed E-state index contributed by atoms with van der Waals surface area (Å²) in [6, 6.07) is 0. The quantitative estimate of drug-likeness (QED) is 0.575. The average molecular weight is 285 g/mol. The number of nitrogens with one attached hydrogen (secondary N) is 1. The lowest BCUT2D eigenvalue weighted by Crippen LogP contribution is -2.34. The summed E-state index contributed by atoms with van der Waals surface area (Å²) < 4.78 is 9.99. The number of carbonyl (C=O) groups excluding carboxylic acids is 2. The highest BCUT2D eigenvalue weighted by molar-refractivity contribution is 5.70.